The highest BCUT2D eigenvalue weighted by molar-refractivity contribution is 5.75. The second-order valence-electron chi connectivity index (χ2n) is 5.17. The van der Waals surface area contributed by atoms with Gasteiger partial charge in [-0.3, -0.25) is 4.79 Å². The van der Waals surface area contributed by atoms with Crippen molar-refractivity contribution in [2.24, 2.45) is 5.41 Å². The maximum atomic E-state index is 11.6. The number of rotatable bonds is 4. The van der Waals surface area contributed by atoms with Gasteiger partial charge in [-0.2, -0.15) is 0 Å². The molecule has 0 aromatic heterocycles. The number of methoxy groups -OCH3 is 1. The first-order valence-electron chi connectivity index (χ1n) is 6.53. The van der Waals surface area contributed by atoms with E-state index >= 15 is 0 Å². The fourth-order valence-electron chi connectivity index (χ4n) is 2.83. The Labute approximate surface area is 108 Å². The molecule has 1 fully saturated rings. The Kier molecular flexibility index (Phi) is 3.90. The third-order valence-corrected chi connectivity index (χ3v) is 3.97. The van der Waals surface area contributed by atoms with Gasteiger partial charge in [-0.1, -0.05) is 31.4 Å². The van der Waals surface area contributed by atoms with E-state index in [0.717, 1.165) is 43.4 Å². The minimum Gasteiger partial charge on any atom is -0.497 e. The number of carboxylic acids is 1. The number of hydrogen-bond acceptors (Lipinski definition) is 2. The second kappa shape index (κ2) is 5.42. The Morgan fingerprint density at radius 1 is 1.22 bits per heavy atom. The van der Waals surface area contributed by atoms with E-state index in [2.05, 4.69) is 0 Å². The van der Waals surface area contributed by atoms with Gasteiger partial charge in [0.25, 0.3) is 0 Å². The van der Waals surface area contributed by atoms with E-state index in [9.17, 15) is 9.90 Å². The van der Waals surface area contributed by atoms with Gasteiger partial charge in [-0.05, 0) is 37.0 Å². The summed E-state index contributed by atoms with van der Waals surface area (Å²) in [6.45, 7) is 0. The van der Waals surface area contributed by atoms with Crippen LogP contribution in [0.4, 0.5) is 0 Å². The van der Waals surface area contributed by atoms with Crippen molar-refractivity contribution < 1.29 is 14.6 Å². The Balaban J connectivity index is 2.15. The number of benzene rings is 1. The summed E-state index contributed by atoms with van der Waals surface area (Å²) in [5.41, 5.74) is 0.535. The van der Waals surface area contributed by atoms with Gasteiger partial charge >= 0.3 is 5.97 Å². The average Bonchev–Trinajstić information content (AvgIpc) is 2.40. The number of carbonyl (C=O) groups is 1. The number of aliphatic carboxylic acids is 1. The molecule has 1 aliphatic carbocycles. The summed E-state index contributed by atoms with van der Waals surface area (Å²) >= 11 is 0. The SMILES string of the molecule is COc1ccc(CC2(C(=O)O)CCCCC2)cc1. The Bertz CT molecular complexity index is 402. The van der Waals surface area contributed by atoms with Crippen LogP contribution in [-0.4, -0.2) is 18.2 Å². The Morgan fingerprint density at radius 3 is 2.33 bits per heavy atom. The molecule has 0 heterocycles. The maximum absolute atomic E-state index is 11.6. The zero-order valence-electron chi connectivity index (χ0n) is 10.8. The zero-order chi connectivity index (χ0) is 13.0. The zero-order valence-corrected chi connectivity index (χ0v) is 10.8. The summed E-state index contributed by atoms with van der Waals surface area (Å²) in [7, 11) is 1.63. The summed E-state index contributed by atoms with van der Waals surface area (Å²) in [5, 5.41) is 9.53. The molecule has 0 spiro atoms. The first-order valence-corrected chi connectivity index (χ1v) is 6.53. The molecule has 18 heavy (non-hydrogen) atoms. The van der Waals surface area contributed by atoms with Crippen LogP contribution in [0.15, 0.2) is 24.3 Å². The fraction of sp³-hybridized carbons (Fsp3) is 0.533. The quantitative estimate of drug-likeness (QED) is 0.889. The molecule has 0 amide bonds. The van der Waals surface area contributed by atoms with Crippen molar-refractivity contribution in [3.8, 4) is 5.75 Å². The standard InChI is InChI=1S/C15H20O3/c1-18-13-7-5-12(6-8-13)11-15(14(16)17)9-3-2-4-10-15/h5-8H,2-4,9-11H2,1H3,(H,16,17). The molecule has 0 atom stereocenters. The van der Waals surface area contributed by atoms with E-state index in [1.54, 1.807) is 7.11 Å². The van der Waals surface area contributed by atoms with E-state index in [0.29, 0.717) is 6.42 Å². The van der Waals surface area contributed by atoms with Crippen molar-refractivity contribution in [3.05, 3.63) is 29.8 Å². The highest BCUT2D eigenvalue weighted by Gasteiger charge is 2.39. The molecular formula is C15H20O3. The van der Waals surface area contributed by atoms with Crippen molar-refractivity contribution in [2.75, 3.05) is 7.11 Å². The highest BCUT2D eigenvalue weighted by Crippen LogP contribution is 2.39. The lowest BCUT2D eigenvalue weighted by atomic mass is 9.70. The summed E-state index contributed by atoms with van der Waals surface area (Å²) in [6, 6.07) is 7.73. The van der Waals surface area contributed by atoms with Crippen LogP contribution in [0.1, 0.15) is 37.7 Å². The molecule has 1 N–H and O–H groups in total. The van der Waals surface area contributed by atoms with Crippen LogP contribution >= 0.6 is 0 Å². The molecule has 98 valence electrons. The normalized spacial score (nSPS) is 18.3. The van der Waals surface area contributed by atoms with Crippen LogP contribution in [-0.2, 0) is 11.2 Å². The average molecular weight is 248 g/mol. The molecular weight excluding hydrogens is 228 g/mol. The van der Waals surface area contributed by atoms with Crippen molar-refractivity contribution in [3.63, 3.8) is 0 Å². The molecule has 0 radical (unpaired) electrons. The van der Waals surface area contributed by atoms with Gasteiger partial charge in [0, 0.05) is 0 Å². The van der Waals surface area contributed by atoms with E-state index in [1.807, 2.05) is 24.3 Å². The van der Waals surface area contributed by atoms with E-state index in [4.69, 9.17) is 4.74 Å². The number of ether oxygens (including phenoxy) is 1. The lowest BCUT2D eigenvalue weighted by molar-refractivity contribution is -0.151. The lowest BCUT2D eigenvalue weighted by Crippen LogP contribution is -2.35. The van der Waals surface area contributed by atoms with Gasteiger partial charge in [-0.15, -0.1) is 0 Å². The van der Waals surface area contributed by atoms with E-state index in [1.165, 1.54) is 0 Å². The summed E-state index contributed by atoms with van der Waals surface area (Å²) in [4.78, 5) is 11.6. The number of hydrogen-bond donors (Lipinski definition) is 1. The van der Waals surface area contributed by atoms with Gasteiger partial charge in [0.15, 0.2) is 0 Å². The van der Waals surface area contributed by atoms with E-state index < -0.39 is 11.4 Å². The topological polar surface area (TPSA) is 46.5 Å². The van der Waals surface area contributed by atoms with Crippen molar-refractivity contribution >= 4 is 5.97 Å². The predicted octanol–water partition coefficient (Wildman–Crippen LogP) is 3.27. The molecule has 2 rings (SSSR count). The molecule has 0 aliphatic heterocycles. The van der Waals surface area contributed by atoms with Gasteiger partial charge in [0.2, 0.25) is 0 Å². The summed E-state index contributed by atoms with van der Waals surface area (Å²) in [6.07, 6.45) is 5.46. The molecule has 1 saturated carbocycles. The molecule has 1 aromatic rings. The first-order chi connectivity index (χ1) is 8.66. The van der Waals surface area contributed by atoms with Gasteiger partial charge in [0.05, 0.1) is 12.5 Å². The van der Waals surface area contributed by atoms with Crippen LogP contribution in [0, 0.1) is 5.41 Å². The summed E-state index contributed by atoms with van der Waals surface area (Å²) in [5.74, 6) is 0.171. The highest BCUT2D eigenvalue weighted by atomic mass is 16.5. The Hall–Kier alpha value is -1.51. The first kappa shape index (κ1) is 12.9. The van der Waals surface area contributed by atoms with Crippen LogP contribution in [0.5, 0.6) is 5.75 Å². The largest absolute Gasteiger partial charge is 0.497 e. The minimum atomic E-state index is -0.641. The predicted molar refractivity (Wildman–Crippen MR) is 69.9 cm³/mol. The molecule has 3 nitrogen and oxygen atoms in total. The minimum absolute atomic E-state index is 0.549. The van der Waals surface area contributed by atoms with Gasteiger partial charge in [0.1, 0.15) is 5.75 Å². The van der Waals surface area contributed by atoms with Crippen molar-refractivity contribution in [1.82, 2.24) is 0 Å². The molecule has 3 heteroatoms. The second-order valence-corrected chi connectivity index (χ2v) is 5.17. The molecule has 0 bridgehead atoms. The van der Waals surface area contributed by atoms with Crippen LogP contribution in [0.25, 0.3) is 0 Å². The van der Waals surface area contributed by atoms with Crippen molar-refractivity contribution in [2.45, 2.75) is 38.5 Å². The molecule has 1 aliphatic rings. The maximum Gasteiger partial charge on any atom is 0.309 e. The fourth-order valence-corrected chi connectivity index (χ4v) is 2.83. The molecule has 0 unspecified atom stereocenters. The monoisotopic (exact) mass is 248 g/mol. The third kappa shape index (κ3) is 2.66. The van der Waals surface area contributed by atoms with Crippen molar-refractivity contribution in [1.29, 1.82) is 0 Å². The third-order valence-electron chi connectivity index (χ3n) is 3.97. The van der Waals surface area contributed by atoms with Gasteiger partial charge in [-0.25, -0.2) is 0 Å². The molecule has 0 saturated heterocycles. The number of carboxylic acid groups (broad SMARTS) is 1. The van der Waals surface area contributed by atoms with Gasteiger partial charge < -0.3 is 9.84 Å². The van der Waals surface area contributed by atoms with Crippen LogP contribution in [0.2, 0.25) is 0 Å². The Morgan fingerprint density at radius 2 is 1.83 bits per heavy atom. The van der Waals surface area contributed by atoms with Crippen LogP contribution in [0.3, 0.4) is 0 Å². The lowest BCUT2D eigenvalue weighted by Gasteiger charge is -2.33. The smallest absolute Gasteiger partial charge is 0.309 e. The van der Waals surface area contributed by atoms with E-state index in [-0.39, 0.29) is 0 Å². The molecule has 1 aromatic carbocycles. The van der Waals surface area contributed by atoms with Crippen LogP contribution < -0.4 is 4.74 Å². The summed E-state index contributed by atoms with van der Waals surface area (Å²) < 4.78 is 5.12.